The summed E-state index contributed by atoms with van der Waals surface area (Å²) < 4.78 is 6.23. The molecule has 0 saturated heterocycles. The monoisotopic (exact) mass is 400 g/mol. The zero-order chi connectivity index (χ0) is 21.0. The number of aromatic nitrogens is 6. The minimum absolute atomic E-state index is 0.357. The van der Waals surface area contributed by atoms with Crippen molar-refractivity contribution in [3.8, 4) is 11.4 Å². The number of rotatable bonds is 3. The molecule has 0 spiro atoms. The van der Waals surface area contributed by atoms with Gasteiger partial charge in [0, 0.05) is 19.7 Å². The van der Waals surface area contributed by atoms with Crippen LogP contribution in [-0.4, -0.2) is 28.3 Å². The molecule has 0 amide bonds. The Morgan fingerprint density at radius 3 is 2.27 bits per heavy atom. The zero-order valence-electron chi connectivity index (χ0n) is 16.9. The van der Waals surface area contributed by atoms with Crippen molar-refractivity contribution in [1.29, 1.82) is 0 Å². The third kappa shape index (κ3) is 2.53. The van der Waals surface area contributed by atoms with Crippen molar-refractivity contribution in [3.05, 3.63) is 86.6 Å². The van der Waals surface area contributed by atoms with Crippen LogP contribution in [0.25, 0.3) is 28.3 Å². The second kappa shape index (κ2) is 6.55. The summed E-state index contributed by atoms with van der Waals surface area (Å²) in [5.41, 5.74) is 3.16. The molecule has 0 aliphatic heterocycles. The number of imidazole rings is 1. The van der Waals surface area contributed by atoms with Gasteiger partial charge in [-0.25, -0.2) is 9.20 Å². The number of hydrogen-bond donors (Lipinski definition) is 0. The maximum atomic E-state index is 13.1. The minimum Gasteiger partial charge on any atom is -0.298 e. The van der Waals surface area contributed by atoms with E-state index in [9.17, 15) is 9.59 Å². The molecule has 3 aromatic heterocycles. The predicted molar refractivity (Wildman–Crippen MR) is 115 cm³/mol. The predicted octanol–water partition coefficient (Wildman–Crippen LogP) is 2.11. The molecule has 0 fully saturated rings. The van der Waals surface area contributed by atoms with Crippen LogP contribution in [0.5, 0.6) is 0 Å². The molecule has 8 nitrogen and oxygen atoms in total. The first kappa shape index (κ1) is 18.1. The van der Waals surface area contributed by atoms with Crippen LogP contribution < -0.4 is 11.2 Å². The van der Waals surface area contributed by atoms with Gasteiger partial charge in [-0.15, -0.1) is 10.2 Å². The van der Waals surface area contributed by atoms with Crippen molar-refractivity contribution < 1.29 is 0 Å². The van der Waals surface area contributed by atoms with Crippen LogP contribution >= 0.6 is 0 Å². The third-order valence-electron chi connectivity index (χ3n) is 5.47. The molecule has 5 aromatic rings. The molecule has 0 unspecified atom stereocenters. The van der Waals surface area contributed by atoms with Crippen LogP contribution in [0, 0.1) is 6.92 Å². The van der Waals surface area contributed by atoms with Crippen LogP contribution in [0.1, 0.15) is 11.1 Å². The van der Waals surface area contributed by atoms with E-state index in [1.807, 2.05) is 66.1 Å². The van der Waals surface area contributed by atoms with Crippen LogP contribution in [0.3, 0.4) is 0 Å². The van der Waals surface area contributed by atoms with Gasteiger partial charge in [-0.05, 0) is 12.5 Å². The first-order valence-electron chi connectivity index (χ1n) is 9.61. The molecule has 150 valence electrons. The van der Waals surface area contributed by atoms with E-state index in [-0.39, 0.29) is 5.56 Å². The Morgan fingerprint density at radius 2 is 1.57 bits per heavy atom. The van der Waals surface area contributed by atoms with E-state index in [0.717, 1.165) is 21.3 Å². The lowest BCUT2D eigenvalue weighted by Gasteiger charge is -2.07. The molecule has 0 radical (unpaired) electrons. The van der Waals surface area contributed by atoms with Gasteiger partial charge in [0.2, 0.25) is 5.78 Å². The molecule has 30 heavy (non-hydrogen) atoms. The summed E-state index contributed by atoms with van der Waals surface area (Å²) in [6.07, 6.45) is 0. The van der Waals surface area contributed by atoms with Crippen molar-refractivity contribution in [2.24, 2.45) is 14.1 Å². The highest BCUT2D eigenvalue weighted by molar-refractivity contribution is 5.80. The summed E-state index contributed by atoms with van der Waals surface area (Å²) in [7, 11) is 3.15. The highest BCUT2D eigenvalue weighted by Crippen LogP contribution is 2.25. The Balaban J connectivity index is 1.92. The fraction of sp³-hybridized carbons (Fsp3) is 0.182. The Hall–Kier alpha value is -3.94. The first-order valence-corrected chi connectivity index (χ1v) is 9.61. The second-order valence-electron chi connectivity index (χ2n) is 7.47. The number of hydrogen-bond acceptors (Lipinski definition) is 4. The number of aryl methyl sites for hydroxylation is 2. The average Bonchev–Trinajstić information content (AvgIpc) is 3.31. The van der Waals surface area contributed by atoms with E-state index in [1.54, 1.807) is 11.4 Å². The normalized spacial score (nSPS) is 11.6. The van der Waals surface area contributed by atoms with Crippen LogP contribution in [0.4, 0.5) is 0 Å². The Bertz CT molecular complexity index is 1520. The second-order valence-corrected chi connectivity index (χ2v) is 7.47. The fourth-order valence-electron chi connectivity index (χ4n) is 3.86. The topological polar surface area (TPSA) is 79.1 Å². The largest absolute Gasteiger partial charge is 0.332 e. The smallest absolute Gasteiger partial charge is 0.298 e. The summed E-state index contributed by atoms with van der Waals surface area (Å²) in [5, 5.41) is 8.80. The molecule has 3 heterocycles. The Morgan fingerprint density at radius 1 is 0.867 bits per heavy atom. The first-order chi connectivity index (χ1) is 14.5. The van der Waals surface area contributed by atoms with Crippen LogP contribution in [-0.2, 0) is 20.6 Å². The number of nitrogens with zero attached hydrogens (tertiary/aromatic N) is 6. The molecular formula is C22H20N6O2. The van der Waals surface area contributed by atoms with Crippen molar-refractivity contribution in [1.82, 2.24) is 28.3 Å². The number of benzene rings is 2. The van der Waals surface area contributed by atoms with Crippen molar-refractivity contribution in [2.45, 2.75) is 13.5 Å². The quantitative estimate of drug-likeness (QED) is 0.465. The van der Waals surface area contributed by atoms with Gasteiger partial charge in [-0.2, -0.15) is 0 Å². The van der Waals surface area contributed by atoms with E-state index in [1.165, 1.54) is 11.6 Å². The summed E-state index contributed by atoms with van der Waals surface area (Å²) in [5.74, 6) is 1.10. The average molecular weight is 400 g/mol. The molecule has 8 heteroatoms. The Labute approximate surface area is 171 Å². The molecule has 0 aliphatic carbocycles. The van der Waals surface area contributed by atoms with Crippen molar-refractivity contribution >= 4 is 16.9 Å². The van der Waals surface area contributed by atoms with E-state index < -0.39 is 5.69 Å². The number of fused-ring (bicyclic) bond motifs is 3. The van der Waals surface area contributed by atoms with E-state index in [0.29, 0.717) is 29.3 Å². The highest BCUT2D eigenvalue weighted by Gasteiger charge is 2.24. The lowest BCUT2D eigenvalue weighted by molar-refractivity contribution is 0.700. The summed E-state index contributed by atoms with van der Waals surface area (Å²) in [6.45, 7) is 2.45. The molecule has 0 saturated carbocycles. The van der Waals surface area contributed by atoms with Crippen molar-refractivity contribution in [2.75, 3.05) is 0 Å². The van der Waals surface area contributed by atoms with Gasteiger partial charge in [0.1, 0.15) is 0 Å². The van der Waals surface area contributed by atoms with E-state index in [4.69, 9.17) is 0 Å². The van der Waals surface area contributed by atoms with Gasteiger partial charge in [0.15, 0.2) is 17.0 Å². The van der Waals surface area contributed by atoms with Gasteiger partial charge in [0.05, 0.1) is 6.54 Å². The molecule has 2 aromatic carbocycles. The summed E-state index contributed by atoms with van der Waals surface area (Å²) in [6, 6.07) is 17.8. The molecule has 0 atom stereocenters. The molecule has 0 N–H and O–H groups in total. The van der Waals surface area contributed by atoms with Crippen LogP contribution in [0.2, 0.25) is 0 Å². The van der Waals surface area contributed by atoms with Crippen LogP contribution in [0.15, 0.2) is 64.2 Å². The highest BCUT2D eigenvalue weighted by atomic mass is 16.2. The van der Waals surface area contributed by atoms with E-state index in [2.05, 4.69) is 10.2 Å². The lowest BCUT2D eigenvalue weighted by Crippen LogP contribution is -2.37. The van der Waals surface area contributed by atoms with Gasteiger partial charge < -0.3 is 0 Å². The van der Waals surface area contributed by atoms with Gasteiger partial charge in [-0.3, -0.25) is 18.5 Å². The zero-order valence-corrected chi connectivity index (χ0v) is 16.9. The summed E-state index contributed by atoms with van der Waals surface area (Å²) >= 11 is 0. The fourth-order valence-corrected chi connectivity index (χ4v) is 3.86. The molecular weight excluding hydrogens is 380 g/mol. The molecule has 0 bridgehead atoms. The molecule has 0 aliphatic rings. The molecule has 5 rings (SSSR count). The maximum absolute atomic E-state index is 13.1. The minimum atomic E-state index is -0.394. The van der Waals surface area contributed by atoms with Gasteiger partial charge >= 0.3 is 5.69 Å². The van der Waals surface area contributed by atoms with Crippen molar-refractivity contribution in [3.63, 3.8) is 0 Å². The van der Waals surface area contributed by atoms with Gasteiger partial charge in [0.25, 0.3) is 5.56 Å². The summed E-state index contributed by atoms with van der Waals surface area (Å²) in [4.78, 5) is 25.8. The lowest BCUT2D eigenvalue weighted by atomic mass is 10.1. The van der Waals surface area contributed by atoms with E-state index >= 15 is 0 Å². The third-order valence-corrected chi connectivity index (χ3v) is 5.47. The maximum Gasteiger partial charge on any atom is 0.332 e. The SMILES string of the molecule is Cc1ccc(-c2nnc3n(Cc4ccccc4)c4c(=O)n(C)c(=O)n(C)c4n23)cc1. The Kier molecular flexibility index (Phi) is 3.95. The van der Waals surface area contributed by atoms with Gasteiger partial charge in [-0.1, -0.05) is 60.2 Å². The standard InChI is InChI=1S/C22H20N6O2/c1-14-9-11-16(12-10-14)18-23-24-21-27(13-15-7-5-4-6-8-15)17-19(28(18)21)25(2)22(30)26(3)20(17)29/h4-12H,13H2,1-3H3.